The molecular formula is C14H14F3N5O2. The summed E-state index contributed by atoms with van der Waals surface area (Å²) in [4.78, 5) is 12.3. The highest BCUT2D eigenvalue weighted by Crippen LogP contribution is 2.26. The molecule has 0 amide bonds. The summed E-state index contributed by atoms with van der Waals surface area (Å²) in [6, 6.07) is 5.71. The number of methoxy groups -OCH3 is 1. The van der Waals surface area contributed by atoms with Crippen molar-refractivity contribution in [2.24, 2.45) is 0 Å². The van der Waals surface area contributed by atoms with Gasteiger partial charge >= 0.3 is 12.4 Å². The van der Waals surface area contributed by atoms with Gasteiger partial charge in [0.25, 0.3) is 0 Å². The summed E-state index contributed by atoms with van der Waals surface area (Å²) in [5.41, 5.74) is 0.496. The molecule has 0 bridgehead atoms. The largest absolute Gasteiger partial charge is 0.573 e. The number of hydrogen-bond donors (Lipinski definition) is 2. The Morgan fingerprint density at radius 3 is 2.29 bits per heavy atom. The van der Waals surface area contributed by atoms with Crippen LogP contribution in [0.5, 0.6) is 11.8 Å². The van der Waals surface area contributed by atoms with Gasteiger partial charge in [0.1, 0.15) is 5.75 Å². The molecule has 1 aliphatic rings. The summed E-state index contributed by atoms with van der Waals surface area (Å²) in [5.74, 6) is 0.288. The van der Waals surface area contributed by atoms with Crippen molar-refractivity contribution in [3.63, 3.8) is 0 Å². The first-order chi connectivity index (χ1) is 11.4. The van der Waals surface area contributed by atoms with E-state index in [0.29, 0.717) is 17.7 Å². The van der Waals surface area contributed by atoms with Gasteiger partial charge in [0, 0.05) is 11.7 Å². The highest BCUT2D eigenvalue weighted by Gasteiger charge is 2.31. The van der Waals surface area contributed by atoms with Crippen molar-refractivity contribution >= 4 is 17.6 Å². The molecule has 128 valence electrons. The van der Waals surface area contributed by atoms with Gasteiger partial charge in [0.05, 0.1) is 7.11 Å². The van der Waals surface area contributed by atoms with E-state index in [1.165, 1.54) is 31.4 Å². The van der Waals surface area contributed by atoms with E-state index in [1.807, 2.05) is 0 Å². The Balaban J connectivity index is 1.72. The van der Waals surface area contributed by atoms with Crippen molar-refractivity contribution in [1.82, 2.24) is 15.0 Å². The zero-order chi connectivity index (χ0) is 17.2. The number of nitrogens with one attached hydrogen (secondary N) is 2. The van der Waals surface area contributed by atoms with Crippen LogP contribution in [0.2, 0.25) is 0 Å². The van der Waals surface area contributed by atoms with Gasteiger partial charge in [-0.3, -0.25) is 0 Å². The van der Waals surface area contributed by atoms with Crippen LogP contribution in [0.25, 0.3) is 0 Å². The summed E-state index contributed by atoms with van der Waals surface area (Å²) in [5, 5.41) is 6.01. The van der Waals surface area contributed by atoms with Crippen molar-refractivity contribution in [2.45, 2.75) is 25.2 Å². The summed E-state index contributed by atoms with van der Waals surface area (Å²) < 4.78 is 45.3. The predicted molar refractivity (Wildman–Crippen MR) is 79.4 cm³/mol. The third kappa shape index (κ3) is 4.61. The highest BCUT2D eigenvalue weighted by molar-refractivity contribution is 5.55. The molecule has 24 heavy (non-hydrogen) atoms. The van der Waals surface area contributed by atoms with Gasteiger partial charge in [-0.2, -0.15) is 15.0 Å². The van der Waals surface area contributed by atoms with Crippen LogP contribution in [0, 0.1) is 0 Å². The van der Waals surface area contributed by atoms with Crippen molar-refractivity contribution in [1.29, 1.82) is 0 Å². The summed E-state index contributed by atoms with van der Waals surface area (Å²) >= 11 is 0. The molecule has 1 aliphatic carbocycles. The lowest BCUT2D eigenvalue weighted by molar-refractivity contribution is -0.274. The zero-order valence-electron chi connectivity index (χ0n) is 12.6. The van der Waals surface area contributed by atoms with Gasteiger partial charge in [-0.25, -0.2) is 0 Å². The molecule has 0 aliphatic heterocycles. The zero-order valence-corrected chi connectivity index (χ0v) is 12.6. The first-order valence-electron chi connectivity index (χ1n) is 7.11. The Hall–Kier alpha value is -2.78. The number of hydrogen-bond acceptors (Lipinski definition) is 7. The minimum atomic E-state index is -4.72. The lowest BCUT2D eigenvalue weighted by Gasteiger charge is -2.11. The first-order valence-corrected chi connectivity index (χ1v) is 7.11. The topological polar surface area (TPSA) is 81.2 Å². The second-order valence-corrected chi connectivity index (χ2v) is 5.09. The van der Waals surface area contributed by atoms with Crippen LogP contribution in [-0.4, -0.2) is 34.5 Å². The van der Waals surface area contributed by atoms with Crippen molar-refractivity contribution < 1.29 is 22.6 Å². The van der Waals surface area contributed by atoms with Gasteiger partial charge in [0.15, 0.2) is 0 Å². The Bertz CT molecular complexity index is 705. The molecule has 1 aromatic heterocycles. The molecule has 1 saturated carbocycles. The van der Waals surface area contributed by atoms with Gasteiger partial charge in [-0.15, -0.1) is 13.2 Å². The van der Waals surface area contributed by atoms with Gasteiger partial charge in [-0.1, -0.05) is 0 Å². The first kappa shape index (κ1) is 16.1. The van der Waals surface area contributed by atoms with Crippen molar-refractivity contribution in [2.75, 3.05) is 17.7 Å². The molecule has 3 rings (SSSR count). The van der Waals surface area contributed by atoms with E-state index in [4.69, 9.17) is 4.74 Å². The van der Waals surface area contributed by atoms with Crippen LogP contribution in [0.4, 0.5) is 30.8 Å². The van der Waals surface area contributed by atoms with Crippen LogP contribution < -0.4 is 20.1 Å². The maximum Gasteiger partial charge on any atom is 0.573 e. The number of ether oxygens (including phenoxy) is 2. The summed E-state index contributed by atoms with van der Waals surface area (Å²) in [6.45, 7) is 0. The normalized spacial score (nSPS) is 14.2. The molecule has 2 aromatic rings. The van der Waals surface area contributed by atoms with Gasteiger partial charge < -0.3 is 20.1 Å². The van der Waals surface area contributed by atoms with Gasteiger partial charge in [0.2, 0.25) is 11.9 Å². The van der Waals surface area contributed by atoms with Crippen LogP contribution >= 0.6 is 0 Å². The molecule has 0 saturated heterocycles. The summed E-state index contributed by atoms with van der Waals surface area (Å²) in [7, 11) is 1.43. The van der Waals surface area contributed by atoms with Crippen LogP contribution in [0.1, 0.15) is 12.8 Å². The Morgan fingerprint density at radius 2 is 1.71 bits per heavy atom. The van der Waals surface area contributed by atoms with E-state index in [-0.39, 0.29) is 17.7 Å². The third-order valence-electron chi connectivity index (χ3n) is 3.05. The standard InChI is InChI=1S/C14H14F3N5O2/c1-23-13-21-11(18-8-2-3-8)20-12(22-13)19-9-4-6-10(7-5-9)24-14(15,16)17/h4-8H,2-3H2,1H3,(H2,18,19,20,21,22). The van der Waals surface area contributed by atoms with E-state index in [9.17, 15) is 13.2 Å². The van der Waals surface area contributed by atoms with Crippen LogP contribution in [0.15, 0.2) is 24.3 Å². The number of aromatic nitrogens is 3. The molecule has 1 heterocycles. The molecule has 0 atom stereocenters. The van der Waals surface area contributed by atoms with E-state index in [2.05, 4.69) is 30.3 Å². The number of rotatable bonds is 6. The van der Waals surface area contributed by atoms with Crippen LogP contribution in [0.3, 0.4) is 0 Å². The fraction of sp³-hybridized carbons (Fsp3) is 0.357. The average molecular weight is 341 g/mol. The lowest BCUT2D eigenvalue weighted by Crippen LogP contribution is -2.17. The number of alkyl halides is 3. The highest BCUT2D eigenvalue weighted by atomic mass is 19.4. The molecule has 0 spiro atoms. The number of anilines is 3. The number of halogens is 3. The molecule has 0 radical (unpaired) electrons. The molecule has 0 unspecified atom stereocenters. The Morgan fingerprint density at radius 1 is 1.04 bits per heavy atom. The van der Waals surface area contributed by atoms with Crippen LogP contribution in [-0.2, 0) is 0 Å². The SMILES string of the molecule is COc1nc(Nc2ccc(OC(F)(F)F)cc2)nc(NC2CC2)n1. The minimum Gasteiger partial charge on any atom is -0.467 e. The predicted octanol–water partition coefficient (Wildman–Crippen LogP) is 3.10. The molecule has 7 nitrogen and oxygen atoms in total. The molecule has 10 heteroatoms. The maximum absolute atomic E-state index is 12.1. The smallest absolute Gasteiger partial charge is 0.467 e. The quantitative estimate of drug-likeness (QED) is 0.835. The Kier molecular flexibility index (Phi) is 4.28. The van der Waals surface area contributed by atoms with Gasteiger partial charge in [-0.05, 0) is 37.1 Å². The van der Waals surface area contributed by atoms with Crippen molar-refractivity contribution in [3.8, 4) is 11.8 Å². The molecule has 1 fully saturated rings. The maximum atomic E-state index is 12.1. The Labute approximate surface area is 135 Å². The molecule has 1 aromatic carbocycles. The minimum absolute atomic E-state index is 0.132. The number of benzene rings is 1. The van der Waals surface area contributed by atoms with E-state index in [1.54, 1.807) is 0 Å². The average Bonchev–Trinajstić information content (AvgIpc) is 3.31. The lowest BCUT2D eigenvalue weighted by atomic mass is 10.3. The van der Waals surface area contributed by atoms with E-state index < -0.39 is 6.36 Å². The van der Waals surface area contributed by atoms with E-state index >= 15 is 0 Å². The molecule has 2 N–H and O–H groups in total. The third-order valence-corrected chi connectivity index (χ3v) is 3.05. The number of nitrogens with zero attached hydrogens (tertiary/aromatic N) is 3. The second kappa shape index (κ2) is 6.38. The molecular weight excluding hydrogens is 327 g/mol. The monoisotopic (exact) mass is 341 g/mol. The van der Waals surface area contributed by atoms with Crippen molar-refractivity contribution in [3.05, 3.63) is 24.3 Å². The second-order valence-electron chi connectivity index (χ2n) is 5.09. The fourth-order valence-electron chi connectivity index (χ4n) is 1.85. The fourth-order valence-corrected chi connectivity index (χ4v) is 1.85. The summed E-state index contributed by atoms with van der Waals surface area (Å²) in [6.07, 6.45) is -2.62. The van der Waals surface area contributed by atoms with E-state index in [0.717, 1.165) is 12.8 Å².